The summed E-state index contributed by atoms with van der Waals surface area (Å²) in [6.07, 6.45) is -0.251. The zero-order chi connectivity index (χ0) is 15.4. The first kappa shape index (κ1) is 13.5. The molecule has 1 atom stereocenters. The van der Waals surface area contributed by atoms with Gasteiger partial charge in [0.1, 0.15) is 28.6 Å². The van der Waals surface area contributed by atoms with Gasteiger partial charge in [-0.3, -0.25) is 4.79 Å². The van der Waals surface area contributed by atoms with E-state index >= 15 is 0 Å². The minimum atomic E-state index is -1.62. The summed E-state index contributed by atoms with van der Waals surface area (Å²) in [5.41, 5.74) is 0.0121. The van der Waals surface area contributed by atoms with Crippen LogP contribution in [0.4, 0.5) is 0 Å². The fourth-order valence-corrected chi connectivity index (χ4v) is 2.61. The maximum atomic E-state index is 12.1. The van der Waals surface area contributed by atoms with Gasteiger partial charge in [-0.1, -0.05) is 0 Å². The van der Waals surface area contributed by atoms with Gasteiger partial charge in [-0.25, -0.2) is 0 Å². The molecule has 21 heavy (non-hydrogen) atoms. The lowest BCUT2D eigenvalue weighted by molar-refractivity contribution is -0.123. The third kappa shape index (κ3) is 2.04. The second-order valence-corrected chi connectivity index (χ2v) is 5.22. The molecule has 1 aliphatic rings. The fraction of sp³-hybridized carbons (Fsp3) is 0.267. The fourth-order valence-electron chi connectivity index (χ4n) is 2.61. The van der Waals surface area contributed by atoms with Crippen molar-refractivity contribution in [3.8, 4) is 23.0 Å². The summed E-state index contributed by atoms with van der Waals surface area (Å²) >= 11 is 0. The number of carbonyl (C=O) groups is 1. The first-order valence-corrected chi connectivity index (χ1v) is 6.33. The van der Waals surface area contributed by atoms with Crippen LogP contribution in [0.25, 0.3) is 10.8 Å². The molecule has 1 aliphatic heterocycles. The molecule has 0 aliphatic carbocycles. The van der Waals surface area contributed by atoms with E-state index < -0.39 is 11.6 Å². The summed E-state index contributed by atoms with van der Waals surface area (Å²) < 4.78 is 10.5. The van der Waals surface area contributed by atoms with Gasteiger partial charge in [0.15, 0.2) is 5.78 Å². The quantitative estimate of drug-likeness (QED) is 0.742. The van der Waals surface area contributed by atoms with E-state index in [4.69, 9.17) is 9.47 Å². The molecule has 0 aromatic heterocycles. The van der Waals surface area contributed by atoms with Gasteiger partial charge in [0.25, 0.3) is 0 Å². The molecule has 3 N–H and O–H groups in total. The first-order valence-electron chi connectivity index (χ1n) is 6.33. The van der Waals surface area contributed by atoms with Crippen LogP contribution in [0.1, 0.15) is 23.7 Å². The van der Waals surface area contributed by atoms with Crippen molar-refractivity contribution in [3.63, 3.8) is 0 Å². The monoisotopic (exact) mass is 290 g/mol. The van der Waals surface area contributed by atoms with Crippen LogP contribution in [0.15, 0.2) is 18.2 Å². The van der Waals surface area contributed by atoms with Gasteiger partial charge in [-0.15, -0.1) is 0 Å². The van der Waals surface area contributed by atoms with Crippen LogP contribution < -0.4 is 9.47 Å². The molecule has 2 aromatic carbocycles. The van der Waals surface area contributed by atoms with E-state index in [1.807, 2.05) is 0 Å². The number of aromatic hydroxyl groups is 2. The van der Waals surface area contributed by atoms with Crippen LogP contribution in [0.2, 0.25) is 0 Å². The van der Waals surface area contributed by atoms with E-state index in [0.29, 0.717) is 10.8 Å². The van der Waals surface area contributed by atoms with E-state index in [2.05, 4.69) is 0 Å². The molecule has 1 heterocycles. The average Bonchev–Trinajstić information content (AvgIpc) is 2.34. The number of ether oxygens (including phenoxy) is 2. The van der Waals surface area contributed by atoms with Gasteiger partial charge >= 0.3 is 0 Å². The molecule has 110 valence electrons. The first-order chi connectivity index (χ1) is 9.82. The van der Waals surface area contributed by atoms with Gasteiger partial charge < -0.3 is 24.8 Å². The highest BCUT2D eigenvalue weighted by Gasteiger charge is 2.37. The second-order valence-electron chi connectivity index (χ2n) is 5.22. The van der Waals surface area contributed by atoms with Crippen molar-refractivity contribution in [1.29, 1.82) is 0 Å². The summed E-state index contributed by atoms with van der Waals surface area (Å²) in [5.74, 6) is -2.04. The normalized spacial score (nSPS) is 21.0. The minimum Gasteiger partial charge on any atom is -0.508 e. The molecular weight excluding hydrogens is 276 g/mol. The van der Waals surface area contributed by atoms with Crippen LogP contribution in [-0.2, 0) is 0 Å². The number of methoxy groups -OCH3 is 1. The van der Waals surface area contributed by atoms with Crippen molar-refractivity contribution in [3.05, 3.63) is 23.8 Å². The van der Waals surface area contributed by atoms with Crippen molar-refractivity contribution in [2.75, 3.05) is 7.11 Å². The molecule has 6 heteroatoms. The molecule has 0 unspecified atom stereocenters. The minimum absolute atomic E-state index is 0.0121. The molecule has 0 bridgehead atoms. The van der Waals surface area contributed by atoms with Gasteiger partial charge in [0, 0.05) is 13.0 Å². The third-order valence-electron chi connectivity index (χ3n) is 3.44. The Morgan fingerprint density at radius 2 is 2.00 bits per heavy atom. The summed E-state index contributed by atoms with van der Waals surface area (Å²) in [5, 5.41) is 30.7. The molecule has 0 fully saturated rings. The summed E-state index contributed by atoms with van der Waals surface area (Å²) in [4.78, 5) is 12.1. The Labute approximate surface area is 120 Å². The lowest BCUT2D eigenvalue weighted by Crippen LogP contribution is -2.38. The van der Waals surface area contributed by atoms with E-state index in [1.54, 1.807) is 0 Å². The van der Waals surface area contributed by atoms with E-state index in [1.165, 1.54) is 32.2 Å². The largest absolute Gasteiger partial charge is 0.508 e. The maximum Gasteiger partial charge on any atom is 0.212 e. The number of benzene rings is 2. The molecule has 0 saturated carbocycles. The number of aliphatic hydroxyl groups is 1. The lowest BCUT2D eigenvalue weighted by Gasteiger charge is -2.30. The highest BCUT2D eigenvalue weighted by atomic mass is 16.6. The van der Waals surface area contributed by atoms with Gasteiger partial charge in [-0.2, -0.15) is 0 Å². The maximum absolute atomic E-state index is 12.1. The molecule has 0 saturated heterocycles. The van der Waals surface area contributed by atoms with Crippen LogP contribution in [0.3, 0.4) is 0 Å². The Bertz CT molecular complexity index is 763. The van der Waals surface area contributed by atoms with E-state index in [9.17, 15) is 20.1 Å². The summed E-state index contributed by atoms with van der Waals surface area (Å²) in [6, 6.07) is 4.24. The van der Waals surface area contributed by atoms with Gasteiger partial charge in [0.05, 0.1) is 18.9 Å². The Morgan fingerprint density at radius 3 is 2.67 bits per heavy atom. The number of fused-ring (bicyclic) bond motifs is 2. The van der Waals surface area contributed by atoms with E-state index in [0.717, 1.165) is 0 Å². The average molecular weight is 290 g/mol. The molecule has 0 radical (unpaired) electrons. The number of carbonyl (C=O) groups excluding carboxylic acids is 1. The smallest absolute Gasteiger partial charge is 0.212 e. The zero-order valence-electron chi connectivity index (χ0n) is 11.5. The number of rotatable bonds is 1. The van der Waals surface area contributed by atoms with Crippen LogP contribution in [-0.4, -0.2) is 34.0 Å². The highest BCUT2D eigenvalue weighted by molar-refractivity contribution is 6.10. The summed E-state index contributed by atoms with van der Waals surface area (Å²) in [6.45, 7) is 1.37. The van der Waals surface area contributed by atoms with Crippen molar-refractivity contribution in [2.24, 2.45) is 0 Å². The van der Waals surface area contributed by atoms with Crippen molar-refractivity contribution < 1.29 is 29.6 Å². The van der Waals surface area contributed by atoms with Crippen molar-refractivity contribution in [2.45, 2.75) is 19.1 Å². The number of ketones is 1. The second kappa shape index (κ2) is 4.26. The Balaban J connectivity index is 2.38. The summed E-state index contributed by atoms with van der Waals surface area (Å²) in [7, 11) is 1.40. The topological polar surface area (TPSA) is 96.2 Å². The number of phenolic OH excluding ortho intramolecular Hbond substituents is 2. The van der Waals surface area contributed by atoms with Crippen molar-refractivity contribution in [1.82, 2.24) is 0 Å². The Morgan fingerprint density at radius 1 is 1.29 bits per heavy atom. The highest BCUT2D eigenvalue weighted by Crippen LogP contribution is 2.46. The Hall–Kier alpha value is -2.47. The van der Waals surface area contributed by atoms with Crippen molar-refractivity contribution >= 4 is 16.6 Å². The molecule has 2 aromatic rings. The number of hydrogen-bond donors (Lipinski definition) is 3. The molecule has 0 spiro atoms. The number of hydrogen-bond acceptors (Lipinski definition) is 6. The predicted octanol–water partition coefficient (Wildman–Crippen LogP) is 1.93. The van der Waals surface area contributed by atoms with Gasteiger partial charge in [-0.05, 0) is 17.5 Å². The Kier molecular flexibility index (Phi) is 2.74. The zero-order valence-corrected chi connectivity index (χ0v) is 11.5. The molecule has 6 nitrogen and oxygen atoms in total. The third-order valence-corrected chi connectivity index (χ3v) is 3.44. The molecule has 0 amide bonds. The molecular formula is C15H14O6. The van der Waals surface area contributed by atoms with Crippen LogP contribution in [0.5, 0.6) is 23.0 Å². The van der Waals surface area contributed by atoms with E-state index in [-0.39, 0.29) is 35.0 Å². The van der Waals surface area contributed by atoms with Gasteiger partial charge in [0.2, 0.25) is 5.79 Å². The standard InChI is InChI=1S/C15H14O6/c1-15(19)6-9(17)13-11(21-15)4-7-3-8(16)5-10(20-2)12(7)14(13)18/h3-5,16,18-19H,6H2,1-2H3/t15-/m0/s1. The number of Topliss-reactive ketones (excluding diaryl/α,β-unsaturated/α-hetero) is 1. The predicted molar refractivity (Wildman–Crippen MR) is 74.0 cm³/mol. The SMILES string of the molecule is COc1cc(O)cc2cc3c(c(O)c12)C(=O)C[C@@](C)(O)O3. The number of phenols is 2. The van der Waals surface area contributed by atoms with Crippen LogP contribution >= 0.6 is 0 Å². The lowest BCUT2D eigenvalue weighted by atomic mass is 9.94. The van der Waals surface area contributed by atoms with Crippen LogP contribution in [0, 0.1) is 0 Å². The molecule has 3 rings (SSSR count).